The Hall–Kier alpha value is -0.150. The number of carbonyl (C=O) groups excluding carboxylic acids is 1. The zero-order valence-corrected chi connectivity index (χ0v) is 7.36. The summed E-state index contributed by atoms with van der Waals surface area (Å²) in [6.07, 6.45) is 1.38. The largest absolute Gasteiger partial charge is 0.302 e. The predicted molar refractivity (Wildman–Crippen MR) is 43.9 cm³/mol. The minimum Gasteiger partial charge on any atom is -0.302 e. The predicted octanol–water partition coefficient (Wildman–Crippen LogP) is 1.04. The van der Waals surface area contributed by atoms with Gasteiger partial charge in [0.15, 0.2) is 0 Å². The number of likely N-dealkylation sites (tertiary alicyclic amines) is 1. The Kier molecular flexibility index (Phi) is 3.97. The van der Waals surface area contributed by atoms with Gasteiger partial charge in [0, 0.05) is 13.1 Å². The summed E-state index contributed by atoms with van der Waals surface area (Å²) >= 11 is 0. The van der Waals surface area contributed by atoms with Gasteiger partial charge >= 0.3 is 0 Å². The van der Waals surface area contributed by atoms with E-state index >= 15 is 0 Å². The van der Waals surface area contributed by atoms with E-state index in [0.717, 1.165) is 6.29 Å². The third-order valence-electron chi connectivity index (χ3n) is 1.84. The van der Waals surface area contributed by atoms with Crippen molar-refractivity contribution in [2.45, 2.75) is 19.0 Å². The van der Waals surface area contributed by atoms with Gasteiger partial charge in [0.05, 0.1) is 6.54 Å². The third-order valence-corrected chi connectivity index (χ3v) is 1.84. The quantitative estimate of drug-likeness (QED) is 0.594. The normalized spacial score (nSPS) is 31.5. The zero-order chi connectivity index (χ0) is 7.61. The van der Waals surface area contributed by atoms with Gasteiger partial charge in [-0.05, 0) is 13.3 Å². The van der Waals surface area contributed by atoms with Crippen LogP contribution in [0, 0.1) is 0 Å². The molecule has 0 spiro atoms. The maximum atomic E-state index is 13.0. The maximum Gasteiger partial charge on any atom is 0.133 e. The van der Waals surface area contributed by atoms with Crippen molar-refractivity contribution in [2.24, 2.45) is 0 Å². The van der Waals surface area contributed by atoms with Crippen molar-refractivity contribution in [1.82, 2.24) is 4.90 Å². The van der Waals surface area contributed by atoms with Crippen molar-refractivity contribution >= 4 is 18.7 Å². The van der Waals surface area contributed by atoms with E-state index in [1.165, 1.54) is 0 Å². The van der Waals surface area contributed by atoms with Crippen molar-refractivity contribution in [3.63, 3.8) is 0 Å². The highest BCUT2D eigenvalue weighted by atomic mass is 35.5. The molecule has 4 heteroatoms. The molecular formula is C7H13ClFNO. The van der Waals surface area contributed by atoms with Crippen molar-refractivity contribution in [1.29, 1.82) is 0 Å². The molecule has 0 aromatic rings. The number of halogens is 2. The van der Waals surface area contributed by atoms with Gasteiger partial charge in [-0.2, -0.15) is 0 Å². The fourth-order valence-corrected chi connectivity index (χ4v) is 1.28. The second-order valence-corrected chi connectivity index (χ2v) is 3.07. The number of nitrogens with zero attached hydrogens (tertiary/aromatic N) is 1. The molecule has 1 heterocycles. The Labute approximate surface area is 72.2 Å². The van der Waals surface area contributed by atoms with Crippen LogP contribution in [-0.2, 0) is 4.79 Å². The topological polar surface area (TPSA) is 20.3 Å². The van der Waals surface area contributed by atoms with Crippen LogP contribution < -0.4 is 0 Å². The molecule has 1 atom stereocenters. The minimum absolute atomic E-state index is 0. The Morgan fingerprint density at radius 1 is 1.73 bits per heavy atom. The molecule has 1 saturated heterocycles. The summed E-state index contributed by atoms with van der Waals surface area (Å²) in [5.41, 5.74) is -1.07. The SMILES string of the molecule is CC1(F)CCN(CC=O)C1.Cl. The van der Waals surface area contributed by atoms with E-state index in [1.807, 2.05) is 4.90 Å². The zero-order valence-electron chi connectivity index (χ0n) is 6.55. The summed E-state index contributed by atoms with van der Waals surface area (Å²) in [6, 6.07) is 0. The van der Waals surface area contributed by atoms with Gasteiger partial charge in [0.25, 0.3) is 0 Å². The smallest absolute Gasteiger partial charge is 0.133 e. The van der Waals surface area contributed by atoms with E-state index in [2.05, 4.69) is 0 Å². The van der Waals surface area contributed by atoms with Gasteiger partial charge in [-0.3, -0.25) is 4.90 Å². The average Bonchev–Trinajstić information content (AvgIpc) is 2.12. The summed E-state index contributed by atoms with van der Waals surface area (Å²) in [6.45, 7) is 3.08. The van der Waals surface area contributed by atoms with E-state index in [1.54, 1.807) is 6.92 Å². The van der Waals surface area contributed by atoms with Crippen LogP contribution in [0.1, 0.15) is 13.3 Å². The fraction of sp³-hybridized carbons (Fsp3) is 0.857. The molecule has 0 amide bonds. The van der Waals surface area contributed by atoms with Crippen molar-refractivity contribution < 1.29 is 9.18 Å². The van der Waals surface area contributed by atoms with Crippen LogP contribution in [0.3, 0.4) is 0 Å². The summed E-state index contributed by atoms with van der Waals surface area (Å²) in [5.74, 6) is 0. The fourth-order valence-electron chi connectivity index (χ4n) is 1.28. The Morgan fingerprint density at radius 2 is 2.36 bits per heavy atom. The molecule has 1 aliphatic rings. The van der Waals surface area contributed by atoms with Crippen molar-refractivity contribution in [3.8, 4) is 0 Å². The van der Waals surface area contributed by atoms with E-state index in [9.17, 15) is 9.18 Å². The molecular weight excluding hydrogens is 169 g/mol. The molecule has 1 rings (SSSR count). The van der Waals surface area contributed by atoms with Crippen LogP contribution in [-0.4, -0.2) is 36.5 Å². The highest BCUT2D eigenvalue weighted by molar-refractivity contribution is 5.85. The lowest BCUT2D eigenvalue weighted by molar-refractivity contribution is -0.108. The molecule has 0 N–H and O–H groups in total. The highest BCUT2D eigenvalue weighted by Gasteiger charge is 2.32. The minimum atomic E-state index is -1.07. The van der Waals surface area contributed by atoms with Crippen LogP contribution in [0.2, 0.25) is 0 Å². The number of aldehydes is 1. The van der Waals surface area contributed by atoms with Gasteiger partial charge in [-0.15, -0.1) is 12.4 Å². The molecule has 2 nitrogen and oxygen atoms in total. The van der Waals surface area contributed by atoms with Gasteiger partial charge in [-0.1, -0.05) is 0 Å². The standard InChI is InChI=1S/C7H12FNO.ClH/c1-7(8)2-3-9(6-7)4-5-10;/h5H,2-4,6H2,1H3;1H. The third kappa shape index (κ3) is 3.16. The van der Waals surface area contributed by atoms with Crippen LogP contribution in [0.25, 0.3) is 0 Å². The first-order valence-electron chi connectivity index (χ1n) is 3.49. The monoisotopic (exact) mass is 181 g/mol. The van der Waals surface area contributed by atoms with Crippen LogP contribution >= 0.6 is 12.4 Å². The lowest BCUT2D eigenvalue weighted by Crippen LogP contribution is -2.27. The number of alkyl halides is 1. The molecule has 0 bridgehead atoms. The molecule has 0 aromatic carbocycles. The van der Waals surface area contributed by atoms with Gasteiger partial charge < -0.3 is 4.79 Å². The molecule has 0 aliphatic carbocycles. The molecule has 0 saturated carbocycles. The van der Waals surface area contributed by atoms with E-state index in [0.29, 0.717) is 26.1 Å². The van der Waals surface area contributed by atoms with Crippen molar-refractivity contribution in [3.05, 3.63) is 0 Å². The Bertz CT molecular complexity index is 140. The average molecular weight is 182 g/mol. The molecule has 1 unspecified atom stereocenters. The van der Waals surface area contributed by atoms with Gasteiger partial charge in [0.1, 0.15) is 12.0 Å². The first-order valence-corrected chi connectivity index (χ1v) is 3.49. The molecule has 1 aliphatic heterocycles. The second-order valence-electron chi connectivity index (χ2n) is 3.07. The number of carbonyl (C=O) groups is 1. The maximum absolute atomic E-state index is 13.0. The second kappa shape index (κ2) is 4.02. The number of rotatable bonds is 2. The van der Waals surface area contributed by atoms with Crippen LogP contribution in [0.5, 0.6) is 0 Å². The van der Waals surface area contributed by atoms with Gasteiger partial charge in [-0.25, -0.2) is 4.39 Å². The van der Waals surface area contributed by atoms with E-state index in [4.69, 9.17) is 0 Å². The molecule has 0 radical (unpaired) electrons. The molecule has 11 heavy (non-hydrogen) atoms. The lowest BCUT2D eigenvalue weighted by atomic mass is 10.1. The first kappa shape index (κ1) is 10.8. The number of hydrogen-bond donors (Lipinski definition) is 0. The Balaban J connectivity index is 0.000001000. The van der Waals surface area contributed by atoms with Crippen molar-refractivity contribution in [2.75, 3.05) is 19.6 Å². The van der Waals surface area contributed by atoms with E-state index < -0.39 is 5.67 Å². The summed E-state index contributed by atoms with van der Waals surface area (Å²) in [4.78, 5) is 11.8. The number of hydrogen-bond acceptors (Lipinski definition) is 2. The first-order chi connectivity index (χ1) is 4.64. The lowest BCUT2D eigenvalue weighted by Gasteiger charge is -2.13. The van der Waals surface area contributed by atoms with Crippen LogP contribution in [0.4, 0.5) is 4.39 Å². The summed E-state index contributed by atoms with van der Waals surface area (Å²) in [7, 11) is 0. The molecule has 1 fully saturated rings. The van der Waals surface area contributed by atoms with E-state index in [-0.39, 0.29) is 12.4 Å². The van der Waals surface area contributed by atoms with Crippen LogP contribution in [0.15, 0.2) is 0 Å². The van der Waals surface area contributed by atoms with Gasteiger partial charge in [0.2, 0.25) is 0 Å². The highest BCUT2D eigenvalue weighted by Crippen LogP contribution is 2.23. The molecule has 0 aromatic heterocycles. The summed E-state index contributed by atoms with van der Waals surface area (Å²) < 4.78 is 13.0. The Morgan fingerprint density at radius 3 is 2.73 bits per heavy atom. The molecule has 66 valence electrons. The summed E-state index contributed by atoms with van der Waals surface area (Å²) in [5, 5.41) is 0.